The lowest BCUT2D eigenvalue weighted by Crippen LogP contribution is -2.26. The van der Waals surface area contributed by atoms with Gasteiger partial charge in [-0.15, -0.1) is 0 Å². The van der Waals surface area contributed by atoms with Crippen molar-refractivity contribution in [2.45, 2.75) is 25.3 Å². The summed E-state index contributed by atoms with van der Waals surface area (Å²) in [5, 5.41) is 0. The van der Waals surface area contributed by atoms with Crippen LogP contribution in [0.25, 0.3) is 0 Å². The molecule has 0 bridgehead atoms. The van der Waals surface area contributed by atoms with E-state index in [9.17, 15) is 12.8 Å². The second-order valence-corrected chi connectivity index (χ2v) is 7.41. The van der Waals surface area contributed by atoms with E-state index >= 15 is 0 Å². The summed E-state index contributed by atoms with van der Waals surface area (Å²) in [6.07, 6.45) is 0. The van der Waals surface area contributed by atoms with Crippen molar-refractivity contribution in [3.8, 4) is 11.5 Å². The summed E-state index contributed by atoms with van der Waals surface area (Å²) >= 11 is 0. The highest BCUT2D eigenvalue weighted by molar-refractivity contribution is 7.89. The van der Waals surface area contributed by atoms with Gasteiger partial charge in [-0.05, 0) is 43.7 Å². The molecule has 2 rings (SSSR count). The van der Waals surface area contributed by atoms with Gasteiger partial charge in [-0.1, -0.05) is 12.1 Å². The summed E-state index contributed by atoms with van der Waals surface area (Å²) in [6.45, 7) is 4.65. The molecule has 0 spiro atoms. The Morgan fingerprint density at radius 3 is 2.16 bits per heavy atom. The molecule has 0 saturated carbocycles. The molecule has 0 radical (unpaired) electrons. The second kappa shape index (κ2) is 8.31. The molecular formula is C18H22FNO4S. The van der Waals surface area contributed by atoms with Crippen LogP contribution in [0.3, 0.4) is 0 Å². The molecule has 0 heterocycles. The van der Waals surface area contributed by atoms with Crippen LogP contribution >= 0.6 is 0 Å². The van der Waals surface area contributed by atoms with Crippen molar-refractivity contribution in [3.05, 3.63) is 53.8 Å². The van der Waals surface area contributed by atoms with E-state index in [0.717, 1.165) is 0 Å². The van der Waals surface area contributed by atoms with Crippen molar-refractivity contribution < 1.29 is 22.3 Å². The molecule has 0 aliphatic carbocycles. The van der Waals surface area contributed by atoms with Crippen LogP contribution in [-0.4, -0.2) is 33.0 Å². The summed E-state index contributed by atoms with van der Waals surface area (Å²) in [5.74, 6) is 0.534. The van der Waals surface area contributed by atoms with E-state index in [1.54, 1.807) is 18.2 Å². The third-order valence-corrected chi connectivity index (χ3v) is 5.34. The molecule has 0 atom stereocenters. The lowest BCUT2D eigenvalue weighted by atomic mass is 10.2. The first-order valence-electron chi connectivity index (χ1n) is 7.99. The van der Waals surface area contributed by atoms with Crippen molar-refractivity contribution in [2.24, 2.45) is 0 Å². The molecule has 136 valence electrons. The van der Waals surface area contributed by atoms with Gasteiger partial charge in [0.05, 0.1) is 18.1 Å². The largest absolute Gasteiger partial charge is 0.490 e. The van der Waals surface area contributed by atoms with E-state index in [1.165, 1.54) is 35.6 Å². The Morgan fingerprint density at radius 2 is 1.56 bits per heavy atom. The van der Waals surface area contributed by atoms with Crippen molar-refractivity contribution in [1.82, 2.24) is 4.31 Å². The minimum absolute atomic E-state index is 0.115. The SMILES string of the molecule is CCOc1ccc(S(=O)(=O)N(C)Cc2ccc(F)cc2)cc1OCC. The van der Waals surface area contributed by atoms with Crippen LogP contribution in [0.5, 0.6) is 11.5 Å². The highest BCUT2D eigenvalue weighted by atomic mass is 32.2. The third kappa shape index (κ3) is 4.70. The normalized spacial score (nSPS) is 11.6. The predicted octanol–water partition coefficient (Wildman–Crippen LogP) is 3.44. The highest BCUT2D eigenvalue weighted by Gasteiger charge is 2.23. The van der Waals surface area contributed by atoms with Crippen LogP contribution in [0.15, 0.2) is 47.4 Å². The van der Waals surface area contributed by atoms with Crippen molar-refractivity contribution in [2.75, 3.05) is 20.3 Å². The summed E-state index contributed by atoms with van der Waals surface area (Å²) in [4.78, 5) is 0.115. The van der Waals surface area contributed by atoms with Gasteiger partial charge in [0.1, 0.15) is 5.82 Å². The molecule has 25 heavy (non-hydrogen) atoms. The van der Waals surface area contributed by atoms with Crippen LogP contribution in [-0.2, 0) is 16.6 Å². The van der Waals surface area contributed by atoms with Gasteiger partial charge in [0.2, 0.25) is 10.0 Å². The van der Waals surface area contributed by atoms with Crippen LogP contribution in [0.4, 0.5) is 4.39 Å². The molecule has 7 heteroatoms. The van der Waals surface area contributed by atoms with E-state index in [4.69, 9.17) is 9.47 Å². The number of benzene rings is 2. The van der Waals surface area contributed by atoms with Gasteiger partial charge in [-0.25, -0.2) is 12.8 Å². The van der Waals surface area contributed by atoms with Gasteiger partial charge in [-0.3, -0.25) is 0 Å². The molecule has 0 amide bonds. The maximum atomic E-state index is 13.0. The zero-order valence-corrected chi connectivity index (χ0v) is 15.3. The molecule has 0 saturated heterocycles. The molecule has 0 unspecified atom stereocenters. The number of sulfonamides is 1. The Morgan fingerprint density at radius 1 is 0.960 bits per heavy atom. The zero-order valence-electron chi connectivity index (χ0n) is 14.5. The second-order valence-electron chi connectivity index (χ2n) is 5.36. The Balaban J connectivity index is 2.27. The zero-order chi connectivity index (χ0) is 18.4. The fourth-order valence-electron chi connectivity index (χ4n) is 2.30. The van der Waals surface area contributed by atoms with Crippen molar-refractivity contribution >= 4 is 10.0 Å². The van der Waals surface area contributed by atoms with Gasteiger partial charge in [0.25, 0.3) is 0 Å². The first-order chi connectivity index (χ1) is 11.9. The third-order valence-electron chi connectivity index (χ3n) is 3.54. The number of nitrogens with zero attached hydrogens (tertiary/aromatic N) is 1. The van der Waals surface area contributed by atoms with Gasteiger partial charge < -0.3 is 9.47 Å². The van der Waals surface area contributed by atoms with Crippen LogP contribution in [0, 0.1) is 5.82 Å². The Bertz CT molecular complexity index is 806. The van der Waals surface area contributed by atoms with Gasteiger partial charge in [0.15, 0.2) is 11.5 Å². The standard InChI is InChI=1S/C18H22FNO4S/c1-4-23-17-11-10-16(12-18(17)24-5-2)25(21,22)20(3)13-14-6-8-15(19)9-7-14/h6-12H,4-5,13H2,1-3H3. The molecule has 0 fully saturated rings. The van der Waals surface area contributed by atoms with Crippen LogP contribution in [0.1, 0.15) is 19.4 Å². The van der Waals surface area contributed by atoms with Gasteiger partial charge in [0, 0.05) is 19.7 Å². The van der Waals surface area contributed by atoms with Crippen molar-refractivity contribution in [1.29, 1.82) is 0 Å². The topological polar surface area (TPSA) is 55.8 Å². The molecular weight excluding hydrogens is 345 g/mol. The molecule has 0 aromatic heterocycles. The van der Waals surface area contributed by atoms with E-state index in [2.05, 4.69) is 0 Å². The molecule has 5 nitrogen and oxygen atoms in total. The minimum Gasteiger partial charge on any atom is -0.490 e. The summed E-state index contributed by atoms with van der Waals surface area (Å²) < 4.78 is 50.7. The minimum atomic E-state index is -3.72. The maximum absolute atomic E-state index is 13.0. The van der Waals surface area contributed by atoms with Crippen molar-refractivity contribution in [3.63, 3.8) is 0 Å². The molecule has 2 aromatic carbocycles. The summed E-state index contributed by atoms with van der Waals surface area (Å²) in [6, 6.07) is 10.3. The fraction of sp³-hybridized carbons (Fsp3) is 0.333. The average molecular weight is 367 g/mol. The van der Waals surface area contributed by atoms with E-state index in [1.807, 2.05) is 13.8 Å². The van der Waals surface area contributed by atoms with E-state index in [0.29, 0.717) is 30.3 Å². The number of hydrogen-bond acceptors (Lipinski definition) is 4. The molecule has 0 N–H and O–H groups in total. The Labute approximate surface area is 148 Å². The molecule has 0 aliphatic rings. The number of hydrogen-bond donors (Lipinski definition) is 0. The fourth-order valence-corrected chi connectivity index (χ4v) is 3.48. The quantitative estimate of drug-likeness (QED) is 0.717. The van der Waals surface area contributed by atoms with E-state index < -0.39 is 10.0 Å². The molecule has 0 aliphatic heterocycles. The Kier molecular flexibility index (Phi) is 6.39. The summed E-state index contributed by atoms with van der Waals surface area (Å²) in [7, 11) is -2.23. The van der Waals surface area contributed by atoms with E-state index in [-0.39, 0.29) is 17.3 Å². The lowest BCUT2D eigenvalue weighted by Gasteiger charge is -2.19. The lowest BCUT2D eigenvalue weighted by molar-refractivity contribution is 0.287. The first kappa shape index (κ1) is 19.2. The average Bonchev–Trinajstić information content (AvgIpc) is 2.58. The number of ether oxygens (including phenoxy) is 2. The Hall–Kier alpha value is -2.12. The monoisotopic (exact) mass is 367 g/mol. The summed E-state index contributed by atoms with van der Waals surface area (Å²) in [5.41, 5.74) is 0.698. The smallest absolute Gasteiger partial charge is 0.243 e. The van der Waals surface area contributed by atoms with Gasteiger partial charge >= 0.3 is 0 Å². The van der Waals surface area contributed by atoms with Crippen LogP contribution in [0.2, 0.25) is 0 Å². The number of halogens is 1. The first-order valence-corrected chi connectivity index (χ1v) is 9.43. The van der Waals surface area contributed by atoms with Gasteiger partial charge in [-0.2, -0.15) is 4.31 Å². The van der Waals surface area contributed by atoms with Crippen LogP contribution < -0.4 is 9.47 Å². The predicted molar refractivity (Wildman–Crippen MR) is 93.8 cm³/mol. The highest BCUT2D eigenvalue weighted by Crippen LogP contribution is 2.31. The maximum Gasteiger partial charge on any atom is 0.243 e. The number of rotatable bonds is 8. The molecule has 2 aromatic rings.